The first-order valence-corrected chi connectivity index (χ1v) is 10.3. The van der Waals surface area contributed by atoms with Gasteiger partial charge in [-0.3, -0.25) is 9.20 Å². The fourth-order valence-electron chi connectivity index (χ4n) is 2.96. The molecule has 3 heterocycles. The first-order valence-electron chi connectivity index (χ1n) is 8.52. The second-order valence-electron chi connectivity index (χ2n) is 6.07. The SMILES string of the molecule is CC[C@@H](Sc1nnc(C)n2c1cc1sccc12)C(=O)Nc1ccccc1F. The Morgan fingerprint density at radius 3 is 2.89 bits per heavy atom. The van der Waals surface area contributed by atoms with Gasteiger partial charge in [0.25, 0.3) is 0 Å². The van der Waals surface area contributed by atoms with Gasteiger partial charge in [0.1, 0.15) is 16.7 Å². The number of anilines is 1. The van der Waals surface area contributed by atoms with Crippen molar-refractivity contribution in [1.29, 1.82) is 0 Å². The van der Waals surface area contributed by atoms with Gasteiger partial charge in [-0.2, -0.15) is 0 Å². The number of hydrogen-bond donors (Lipinski definition) is 1. The van der Waals surface area contributed by atoms with Crippen molar-refractivity contribution in [2.24, 2.45) is 0 Å². The number of hydrogen-bond acceptors (Lipinski definition) is 5. The molecule has 4 aromatic rings. The van der Waals surface area contributed by atoms with Crippen LogP contribution >= 0.6 is 23.1 Å². The number of thioether (sulfide) groups is 1. The van der Waals surface area contributed by atoms with Crippen LogP contribution < -0.4 is 5.32 Å². The third-order valence-corrected chi connectivity index (χ3v) is 6.50. The molecule has 0 unspecified atom stereocenters. The summed E-state index contributed by atoms with van der Waals surface area (Å²) in [4.78, 5) is 12.7. The Bertz CT molecular complexity index is 1140. The summed E-state index contributed by atoms with van der Waals surface area (Å²) in [6.45, 7) is 3.84. The molecule has 0 bridgehead atoms. The Labute approximate surface area is 163 Å². The quantitative estimate of drug-likeness (QED) is 0.484. The van der Waals surface area contributed by atoms with Crippen LogP contribution in [0.2, 0.25) is 0 Å². The summed E-state index contributed by atoms with van der Waals surface area (Å²) in [7, 11) is 0. The van der Waals surface area contributed by atoms with E-state index in [4.69, 9.17) is 0 Å². The summed E-state index contributed by atoms with van der Waals surface area (Å²) >= 11 is 3.01. The van der Waals surface area contributed by atoms with E-state index in [1.807, 2.05) is 19.2 Å². The summed E-state index contributed by atoms with van der Waals surface area (Å²) in [6.07, 6.45) is 0.585. The van der Waals surface area contributed by atoms with Crippen LogP contribution in [0.3, 0.4) is 0 Å². The maximum absolute atomic E-state index is 13.8. The summed E-state index contributed by atoms with van der Waals surface area (Å²) in [5.41, 5.74) is 2.21. The number of benzene rings is 1. The minimum atomic E-state index is -0.449. The van der Waals surface area contributed by atoms with Gasteiger partial charge < -0.3 is 5.32 Å². The molecule has 0 aliphatic rings. The molecule has 8 heteroatoms. The van der Waals surface area contributed by atoms with E-state index in [0.29, 0.717) is 11.4 Å². The van der Waals surface area contributed by atoms with Gasteiger partial charge in [-0.15, -0.1) is 21.5 Å². The maximum atomic E-state index is 13.8. The lowest BCUT2D eigenvalue weighted by Crippen LogP contribution is -2.25. The Hall–Kier alpha value is -2.45. The lowest BCUT2D eigenvalue weighted by molar-refractivity contribution is -0.115. The maximum Gasteiger partial charge on any atom is 0.237 e. The summed E-state index contributed by atoms with van der Waals surface area (Å²) in [5.74, 6) is 0.100. The van der Waals surface area contributed by atoms with E-state index in [9.17, 15) is 9.18 Å². The zero-order chi connectivity index (χ0) is 19.0. The third kappa shape index (κ3) is 3.30. The number of carbonyl (C=O) groups is 1. The Morgan fingerprint density at radius 1 is 1.30 bits per heavy atom. The van der Waals surface area contributed by atoms with E-state index < -0.39 is 11.1 Å². The van der Waals surface area contributed by atoms with Crippen LogP contribution in [-0.4, -0.2) is 25.8 Å². The number of thiophene rings is 1. The topological polar surface area (TPSA) is 59.3 Å². The molecule has 0 saturated heterocycles. The number of fused-ring (bicyclic) bond motifs is 3. The molecule has 27 heavy (non-hydrogen) atoms. The van der Waals surface area contributed by atoms with Crippen LogP contribution in [0.1, 0.15) is 19.2 Å². The predicted octanol–water partition coefficient (Wildman–Crippen LogP) is 4.90. The highest BCUT2D eigenvalue weighted by Crippen LogP contribution is 2.33. The van der Waals surface area contributed by atoms with Crippen molar-refractivity contribution >= 4 is 50.4 Å². The van der Waals surface area contributed by atoms with Crippen molar-refractivity contribution in [1.82, 2.24) is 14.6 Å². The lowest BCUT2D eigenvalue weighted by atomic mass is 10.2. The van der Waals surface area contributed by atoms with Gasteiger partial charge in [0.2, 0.25) is 5.91 Å². The highest BCUT2D eigenvalue weighted by atomic mass is 32.2. The number of rotatable bonds is 5. The molecule has 0 aliphatic carbocycles. The molecule has 1 atom stereocenters. The molecule has 4 rings (SSSR count). The molecule has 0 saturated carbocycles. The van der Waals surface area contributed by atoms with E-state index >= 15 is 0 Å². The second-order valence-corrected chi connectivity index (χ2v) is 8.21. The van der Waals surface area contributed by atoms with Gasteiger partial charge >= 0.3 is 0 Å². The van der Waals surface area contributed by atoms with Crippen molar-refractivity contribution in [2.75, 3.05) is 5.32 Å². The van der Waals surface area contributed by atoms with Crippen molar-refractivity contribution in [2.45, 2.75) is 30.5 Å². The van der Waals surface area contributed by atoms with Gasteiger partial charge in [-0.25, -0.2) is 4.39 Å². The van der Waals surface area contributed by atoms with Gasteiger partial charge in [-0.05, 0) is 43.0 Å². The highest BCUT2D eigenvalue weighted by Gasteiger charge is 2.22. The van der Waals surface area contributed by atoms with Crippen molar-refractivity contribution in [3.05, 3.63) is 53.4 Å². The fourth-order valence-corrected chi connectivity index (χ4v) is 4.73. The number of halogens is 1. The first kappa shape index (κ1) is 17.9. The van der Waals surface area contributed by atoms with E-state index in [2.05, 4.69) is 32.0 Å². The molecule has 5 nitrogen and oxygen atoms in total. The van der Waals surface area contributed by atoms with E-state index in [1.54, 1.807) is 29.5 Å². The number of aromatic nitrogens is 3. The summed E-state index contributed by atoms with van der Waals surface area (Å²) < 4.78 is 17.0. The monoisotopic (exact) mass is 400 g/mol. The minimum Gasteiger partial charge on any atom is -0.323 e. The Morgan fingerprint density at radius 2 is 2.11 bits per heavy atom. The fraction of sp³-hybridized carbons (Fsp3) is 0.211. The van der Waals surface area contributed by atoms with E-state index in [-0.39, 0.29) is 11.6 Å². The molecule has 0 aliphatic heterocycles. The molecule has 138 valence electrons. The number of carbonyl (C=O) groups excluding carboxylic acids is 1. The second kappa shape index (κ2) is 7.28. The zero-order valence-corrected chi connectivity index (χ0v) is 16.4. The summed E-state index contributed by atoms with van der Waals surface area (Å²) in [5, 5.41) is 13.6. The molecular weight excluding hydrogens is 383 g/mol. The smallest absolute Gasteiger partial charge is 0.237 e. The number of aryl methyl sites for hydroxylation is 1. The molecular formula is C19H17FN4OS2. The minimum absolute atomic E-state index is 0.185. The largest absolute Gasteiger partial charge is 0.323 e. The molecule has 1 amide bonds. The van der Waals surface area contributed by atoms with Crippen LogP contribution in [0.25, 0.3) is 15.7 Å². The molecule has 0 radical (unpaired) electrons. The number of nitrogens with one attached hydrogen (secondary N) is 1. The molecule has 1 aromatic carbocycles. The molecule has 0 fully saturated rings. The van der Waals surface area contributed by atoms with Gasteiger partial charge in [0.05, 0.1) is 26.7 Å². The van der Waals surface area contributed by atoms with Crippen molar-refractivity contribution in [3.8, 4) is 0 Å². The van der Waals surface area contributed by atoms with Crippen molar-refractivity contribution < 1.29 is 9.18 Å². The molecule has 3 aromatic heterocycles. The third-order valence-electron chi connectivity index (χ3n) is 4.30. The van der Waals surface area contributed by atoms with Crippen LogP contribution in [0.5, 0.6) is 0 Å². The number of nitrogens with zero attached hydrogens (tertiary/aromatic N) is 3. The Balaban J connectivity index is 1.64. The van der Waals surface area contributed by atoms with Crippen LogP contribution in [0, 0.1) is 12.7 Å². The number of para-hydroxylation sites is 1. The first-order chi connectivity index (χ1) is 13.1. The standard InChI is InChI=1S/C19H17FN4OS2/c1-3-16(18(25)21-13-7-5-4-6-12(13)20)27-19-15-10-17-14(8-9-26-17)24(15)11(2)22-23-19/h4-10,16H,3H2,1-2H3,(H,21,25)/t16-/m1/s1. The average Bonchev–Trinajstić information content (AvgIpc) is 3.24. The molecule has 0 spiro atoms. The predicted molar refractivity (Wildman–Crippen MR) is 108 cm³/mol. The van der Waals surface area contributed by atoms with Crippen LogP contribution in [0.4, 0.5) is 10.1 Å². The van der Waals surface area contributed by atoms with Crippen LogP contribution in [0.15, 0.2) is 46.8 Å². The number of amides is 1. The van der Waals surface area contributed by atoms with Gasteiger partial charge in [0, 0.05) is 0 Å². The highest BCUT2D eigenvalue weighted by molar-refractivity contribution is 8.00. The Kier molecular flexibility index (Phi) is 4.84. The van der Waals surface area contributed by atoms with E-state index in [1.165, 1.54) is 17.8 Å². The average molecular weight is 401 g/mol. The molecule has 1 N–H and O–H groups in total. The normalized spacial score (nSPS) is 12.6. The van der Waals surface area contributed by atoms with Gasteiger partial charge in [-0.1, -0.05) is 30.8 Å². The van der Waals surface area contributed by atoms with Crippen molar-refractivity contribution in [3.63, 3.8) is 0 Å². The summed E-state index contributed by atoms with van der Waals surface area (Å²) in [6, 6.07) is 10.3. The van der Waals surface area contributed by atoms with E-state index in [0.717, 1.165) is 21.6 Å². The van der Waals surface area contributed by atoms with Gasteiger partial charge in [0.15, 0.2) is 0 Å². The lowest BCUT2D eigenvalue weighted by Gasteiger charge is -2.15. The van der Waals surface area contributed by atoms with Crippen LogP contribution in [-0.2, 0) is 4.79 Å². The zero-order valence-electron chi connectivity index (χ0n) is 14.8.